The van der Waals surface area contributed by atoms with Crippen molar-refractivity contribution in [3.63, 3.8) is 0 Å². The van der Waals surface area contributed by atoms with Gasteiger partial charge in [-0.05, 0) is 31.2 Å². The van der Waals surface area contributed by atoms with Gasteiger partial charge in [-0.15, -0.1) is 0 Å². The Kier molecular flexibility index (Phi) is 3.53. The fourth-order valence-corrected chi connectivity index (χ4v) is 3.51. The molecule has 4 aromatic rings. The van der Waals surface area contributed by atoms with Gasteiger partial charge in [0.1, 0.15) is 11.3 Å². The largest absolute Gasteiger partial charge is 0.461 e. The molecule has 0 fully saturated rings. The Bertz CT molecular complexity index is 1160. The summed E-state index contributed by atoms with van der Waals surface area (Å²) in [6.45, 7) is 2.94. The minimum Gasteiger partial charge on any atom is -0.461 e. The zero-order valence-electron chi connectivity index (χ0n) is 14.8. The number of amides is 1. The first-order chi connectivity index (χ1) is 13.2. The Balaban J connectivity index is 1.42. The van der Waals surface area contributed by atoms with Crippen molar-refractivity contribution in [1.82, 2.24) is 14.9 Å². The summed E-state index contributed by atoms with van der Waals surface area (Å²) in [7, 11) is 0. The zero-order valence-corrected chi connectivity index (χ0v) is 14.8. The lowest BCUT2D eigenvalue weighted by molar-refractivity contribution is 0.0750. The Hall–Kier alpha value is -3.47. The van der Waals surface area contributed by atoms with Crippen molar-refractivity contribution in [3.8, 4) is 11.4 Å². The molecule has 0 saturated heterocycles. The smallest absolute Gasteiger partial charge is 0.254 e. The van der Waals surface area contributed by atoms with E-state index in [9.17, 15) is 4.79 Å². The number of hydrogen-bond acceptors (Lipinski definition) is 4. The maximum atomic E-state index is 13.0. The second-order valence-corrected chi connectivity index (χ2v) is 6.80. The van der Waals surface area contributed by atoms with Gasteiger partial charge in [0.25, 0.3) is 5.91 Å². The second-order valence-electron chi connectivity index (χ2n) is 6.80. The lowest BCUT2D eigenvalue weighted by atomic mass is 10.1. The van der Waals surface area contributed by atoms with Crippen LogP contribution < -0.4 is 0 Å². The number of furan rings is 1. The molecular weight excluding hydrogens is 338 g/mol. The maximum Gasteiger partial charge on any atom is 0.254 e. The number of rotatable bonds is 2. The third kappa shape index (κ3) is 2.77. The van der Waals surface area contributed by atoms with Crippen LogP contribution in [0.15, 0.2) is 65.2 Å². The summed E-state index contributed by atoms with van der Waals surface area (Å²) in [6.07, 6.45) is 1.83. The summed E-state index contributed by atoms with van der Waals surface area (Å²) >= 11 is 0. The minimum atomic E-state index is -0.00462. The monoisotopic (exact) mass is 355 g/mol. The summed E-state index contributed by atoms with van der Waals surface area (Å²) in [5.74, 6) is 1.53. The molecule has 0 N–H and O–H groups in total. The summed E-state index contributed by atoms with van der Waals surface area (Å²) in [6, 6.07) is 17.4. The predicted octanol–water partition coefficient (Wildman–Crippen LogP) is 4.35. The molecule has 1 aliphatic rings. The SMILES string of the molecule is Cc1cc2cc(C(=O)N3Cc4cnc(-c5ccccc5)nc4C3)ccc2o1. The molecule has 0 spiro atoms. The van der Waals surface area contributed by atoms with Crippen LogP contribution in [0.25, 0.3) is 22.4 Å². The highest BCUT2D eigenvalue weighted by Gasteiger charge is 2.26. The Morgan fingerprint density at radius 2 is 1.93 bits per heavy atom. The second kappa shape index (κ2) is 6.06. The number of benzene rings is 2. The first-order valence-corrected chi connectivity index (χ1v) is 8.87. The molecule has 0 bridgehead atoms. The molecule has 2 aromatic heterocycles. The van der Waals surface area contributed by atoms with Gasteiger partial charge in [0.2, 0.25) is 0 Å². The Morgan fingerprint density at radius 3 is 2.78 bits per heavy atom. The molecule has 27 heavy (non-hydrogen) atoms. The van der Waals surface area contributed by atoms with Crippen molar-refractivity contribution in [2.45, 2.75) is 20.0 Å². The van der Waals surface area contributed by atoms with E-state index in [2.05, 4.69) is 9.97 Å². The summed E-state index contributed by atoms with van der Waals surface area (Å²) in [4.78, 5) is 23.9. The van der Waals surface area contributed by atoms with Gasteiger partial charge >= 0.3 is 0 Å². The van der Waals surface area contributed by atoms with Crippen LogP contribution in [0.5, 0.6) is 0 Å². The van der Waals surface area contributed by atoms with Crippen molar-refractivity contribution in [1.29, 1.82) is 0 Å². The van der Waals surface area contributed by atoms with E-state index in [0.29, 0.717) is 24.5 Å². The van der Waals surface area contributed by atoms with Crippen molar-refractivity contribution < 1.29 is 9.21 Å². The van der Waals surface area contributed by atoms with Crippen molar-refractivity contribution in [3.05, 3.63) is 83.4 Å². The molecule has 5 rings (SSSR count). The van der Waals surface area contributed by atoms with Crippen LogP contribution in [-0.4, -0.2) is 20.8 Å². The topological polar surface area (TPSA) is 59.2 Å². The maximum absolute atomic E-state index is 13.0. The van der Waals surface area contributed by atoms with E-state index < -0.39 is 0 Å². The van der Waals surface area contributed by atoms with Crippen LogP contribution in [0.2, 0.25) is 0 Å². The highest BCUT2D eigenvalue weighted by Crippen LogP contribution is 2.26. The molecule has 5 heteroatoms. The molecule has 0 unspecified atom stereocenters. The first kappa shape index (κ1) is 15.8. The summed E-state index contributed by atoms with van der Waals surface area (Å²) in [5.41, 5.74) is 4.35. The Labute approximate surface area is 156 Å². The van der Waals surface area contributed by atoms with Gasteiger partial charge in [-0.3, -0.25) is 4.79 Å². The first-order valence-electron chi connectivity index (χ1n) is 8.87. The van der Waals surface area contributed by atoms with Gasteiger partial charge in [0.15, 0.2) is 5.82 Å². The van der Waals surface area contributed by atoms with Crippen LogP contribution >= 0.6 is 0 Å². The molecule has 5 nitrogen and oxygen atoms in total. The van der Waals surface area contributed by atoms with Gasteiger partial charge in [0, 0.05) is 34.8 Å². The van der Waals surface area contributed by atoms with E-state index in [1.165, 1.54) is 0 Å². The number of hydrogen-bond donors (Lipinski definition) is 0. The number of aryl methyl sites for hydroxylation is 1. The number of fused-ring (bicyclic) bond motifs is 2. The number of carbonyl (C=O) groups excluding carboxylic acids is 1. The molecule has 0 saturated carbocycles. The van der Waals surface area contributed by atoms with Crippen LogP contribution in [0.3, 0.4) is 0 Å². The van der Waals surface area contributed by atoms with Gasteiger partial charge in [-0.25, -0.2) is 9.97 Å². The molecule has 1 aliphatic heterocycles. The van der Waals surface area contributed by atoms with E-state index in [1.54, 1.807) is 0 Å². The standard InChI is InChI=1S/C22H17N3O2/c1-14-9-17-10-16(7-8-20(17)27-14)22(26)25-12-18-11-23-21(24-19(18)13-25)15-5-3-2-4-6-15/h2-11H,12-13H2,1H3. The van der Waals surface area contributed by atoms with Crippen LogP contribution in [0.1, 0.15) is 27.4 Å². The van der Waals surface area contributed by atoms with E-state index in [0.717, 1.165) is 33.6 Å². The molecular formula is C22H17N3O2. The van der Waals surface area contributed by atoms with Gasteiger partial charge < -0.3 is 9.32 Å². The number of aromatic nitrogens is 2. The normalized spacial score (nSPS) is 13.1. The third-order valence-corrected chi connectivity index (χ3v) is 4.86. The predicted molar refractivity (Wildman–Crippen MR) is 102 cm³/mol. The van der Waals surface area contributed by atoms with E-state index in [1.807, 2.05) is 72.6 Å². The molecule has 0 aliphatic carbocycles. The van der Waals surface area contributed by atoms with Gasteiger partial charge in [-0.2, -0.15) is 0 Å². The highest BCUT2D eigenvalue weighted by molar-refractivity contribution is 5.98. The van der Waals surface area contributed by atoms with E-state index in [-0.39, 0.29) is 5.91 Å². The summed E-state index contributed by atoms with van der Waals surface area (Å²) < 4.78 is 5.59. The van der Waals surface area contributed by atoms with Crippen LogP contribution in [0, 0.1) is 6.92 Å². The minimum absolute atomic E-state index is 0.00462. The van der Waals surface area contributed by atoms with E-state index >= 15 is 0 Å². The van der Waals surface area contributed by atoms with Crippen LogP contribution in [0.4, 0.5) is 0 Å². The van der Waals surface area contributed by atoms with Crippen molar-refractivity contribution >= 4 is 16.9 Å². The molecule has 0 radical (unpaired) electrons. The van der Waals surface area contributed by atoms with Crippen molar-refractivity contribution in [2.24, 2.45) is 0 Å². The zero-order chi connectivity index (χ0) is 18.4. The van der Waals surface area contributed by atoms with E-state index in [4.69, 9.17) is 4.42 Å². The molecule has 3 heterocycles. The molecule has 132 valence electrons. The summed E-state index contributed by atoms with van der Waals surface area (Å²) in [5, 5.41) is 0.946. The van der Waals surface area contributed by atoms with Gasteiger partial charge in [0.05, 0.1) is 12.2 Å². The lowest BCUT2D eigenvalue weighted by Gasteiger charge is -2.14. The van der Waals surface area contributed by atoms with Crippen LogP contribution in [-0.2, 0) is 13.1 Å². The molecule has 2 aromatic carbocycles. The number of nitrogens with zero attached hydrogens (tertiary/aromatic N) is 3. The fraction of sp³-hybridized carbons (Fsp3) is 0.136. The lowest BCUT2D eigenvalue weighted by Crippen LogP contribution is -2.25. The average Bonchev–Trinajstić information content (AvgIpc) is 3.29. The average molecular weight is 355 g/mol. The molecule has 1 amide bonds. The highest BCUT2D eigenvalue weighted by atomic mass is 16.3. The Morgan fingerprint density at radius 1 is 1.07 bits per heavy atom. The fourth-order valence-electron chi connectivity index (χ4n) is 3.51. The third-order valence-electron chi connectivity index (χ3n) is 4.86. The quantitative estimate of drug-likeness (QED) is 0.536. The van der Waals surface area contributed by atoms with Crippen molar-refractivity contribution in [2.75, 3.05) is 0 Å². The van der Waals surface area contributed by atoms with Gasteiger partial charge in [-0.1, -0.05) is 30.3 Å². The number of carbonyl (C=O) groups is 1. The molecule has 0 atom stereocenters.